The van der Waals surface area contributed by atoms with Crippen molar-refractivity contribution in [1.29, 1.82) is 0 Å². The number of nitrogens with one attached hydrogen (secondary N) is 3. The lowest BCUT2D eigenvalue weighted by molar-refractivity contribution is -0.144. The van der Waals surface area contributed by atoms with E-state index < -0.39 is 0 Å². The van der Waals surface area contributed by atoms with E-state index in [9.17, 15) is 14.4 Å². The van der Waals surface area contributed by atoms with Crippen molar-refractivity contribution in [3.63, 3.8) is 0 Å². The van der Waals surface area contributed by atoms with Crippen molar-refractivity contribution in [2.24, 2.45) is 11.8 Å². The molecule has 0 radical (unpaired) electrons. The van der Waals surface area contributed by atoms with E-state index in [1.807, 2.05) is 18.2 Å². The molecule has 0 spiro atoms. The zero-order valence-electron chi connectivity index (χ0n) is 40.5. The molecule has 0 saturated heterocycles. The number of nitrogens with two attached hydrogens (primary N) is 1. The molecule has 2 aliphatic rings. The largest absolute Gasteiger partial charge is 0.466 e. The third-order valence-corrected chi connectivity index (χ3v) is 12.8. The number of esters is 2. The predicted molar refractivity (Wildman–Crippen MR) is 269 cm³/mol. The zero-order valence-corrected chi connectivity index (χ0v) is 40.5. The van der Waals surface area contributed by atoms with Crippen LogP contribution in [0.25, 0.3) is 44.4 Å². The highest BCUT2D eigenvalue weighted by Crippen LogP contribution is 2.38. The van der Waals surface area contributed by atoms with Gasteiger partial charge >= 0.3 is 11.9 Å². The van der Waals surface area contributed by atoms with E-state index in [1.165, 1.54) is 5.56 Å². The summed E-state index contributed by atoms with van der Waals surface area (Å²) in [5, 5.41) is 3.54. The molecule has 6 rings (SSSR count). The number of hydrogen-bond donors (Lipinski definition) is 4. The molecule has 3 aromatic heterocycles. The number of hydrogen-bond acceptors (Lipinski definition) is 9. The van der Waals surface area contributed by atoms with E-state index >= 15 is 0 Å². The summed E-state index contributed by atoms with van der Waals surface area (Å²) in [6.45, 7) is 22.8. The first-order chi connectivity index (χ1) is 31.6. The second kappa shape index (κ2) is 22.8. The van der Waals surface area contributed by atoms with Crippen LogP contribution >= 0.6 is 0 Å². The molecule has 66 heavy (non-hydrogen) atoms. The molecule has 0 saturated carbocycles. The predicted octanol–water partition coefficient (Wildman–Crippen LogP) is 11.5. The fraction of sp³-hybridized carbons (Fsp3) is 0.436. The summed E-state index contributed by atoms with van der Waals surface area (Å²) in [4.78, 5) is 55.8. The number of anilines is 1. The number of aromatic nitrogens is 4. The Kier molecular flexibility index (Phi) is 17.0. The highest BCUT2D eigenvalue weighted by Gasteiger charge is 2.23. The summed E-state index contributed by atoms with van der Waals surface area (Å²) >= 11 is 0. The van der Waals surface area contributed by atoms with Crippen LogP contribution in [0.5, 0.6) is 0 Å². The van der Waals surface area contributed by atoms with Crippen molar-refractivity contribution < 1.29 is 23.9 Å². The van der Waals surface area contributed by atoms with E-state index in [0.29, 0.717) is 50.7 Å². The van der Waals surface area contributed by atoms with Gasteiger partial charge in [-0.3, -0.25) is 9.59 Å². The first kappa shape index (κ1) is 49.2. The van der Waals surface area contributed by atoms with E-state index in [0.717, 1.165) is 146 Å². The Hall–Kier alpha value is -6.23. The van der Waals surface area contributed by atoms with Gasteiger partial charge in [0.15, 0.2) is 0 Å². The quantitative estimate of drug-likeness (QED) is 0.0341. The Morgan fingerprint density at radius 3 is 1.76 bits per heavy atom. The fourth-order valence-electron chi connectivity index (χ4n) is 8.54. The number of allylic oxidation sites excluding steroid dienone is 5. The van der Waals surface area contributed by atoms with Crippen molar-refractivity contribution in [3.8, 4) is 0 Å². The van der Waals surface area contributed by atoms with Crippen LogP contribution in [0.15, 0.2) is 60.8 Å². The van der Waals surface area contributed by atoms with Crippen molar-refractivity contribution >= 4 is 68.3 Å². The Morgan fingerprint density at radius 1 is 0.667 bits per heavy atom. The van der Waals surface area contributed by atoms with Crippen molar-refractivity contribution in [3.05, 3.63) is 111 Å². The number of carbonyl (C=O) groups excluding carboxylic acids is 3. The van der Waals surface area contributed by atoms with Gasteiger partial charge in [-0.2, -0.15) is 0 Å². The van der Waals surface area contributed by atoms with E-state index in [1.54, 1.807) is 0 Å². The number of carbonyl (C=O) groups is 3. The minimum atomic E-state index is -0.226. The Balaban J connectivity index is 1.48. The SMILES string of the molecule is C=C(CCc1c(C)c2cc3nc(cc4nc(cc5[nH]c(cc1[nH]2)c(C)c5CCC(=O)OCCC(C)C)C(C)=C4CCC=O)C(C)=C3CCC(=O)OCCC(C)C)NCCc1ccc(N)cc1. The van der Waals surface area contributed by atoms with Crippen LogP contribution in [-0.2, 0) is 43.1 Å². The lowest BCUT2D eigenvalue weighted by Crippen LogP contribution is -2.16. The molecule has 5 N–H and O–H groups in total. The van der Waals surface area contributed by atoms with Gasteiger partial charge in [-0.1, -0.05) is 46.4 Å². The number of fused-ring (bicyclic) bond motifs is 8. The Morgan fingerprint density at radius 2 is 1.17 bits per heavy atom. The number of ether oxygens (including phenoxy) is 2. The van der Waals surface area contributed by atoms with Crippen molar-refractivity contribution in [1.82, 2.24) is 25.3 Å². The maximum atomic E-state index is 13.0. The van der Waals surface area contributed by atoms with E-state index in [2.05, 4.69) is 108 Å². The number of nitrogen functional groups attached to an aromatic ring is 1. The molecular weight excluding hydrogens is 825 g/mol. The first-order valence-corrected chi connectivity index (χ1v) is 23.8. The standard InChI is InChI=1S/C55H70N6O5/c1-33(2)23-27-65-54(63)20-18-44-38(8)47-29-50-42(11-10-26-62)36(6)46(58-50)30-52-45(19-21-55(64)66-28-24-34(3)4)39(9)49(61-52)31-51-43(37(7)48(59-51)32-53(44)60-47)17-12-35(5)57-25-22-40-13-15-41(56)16-14-40/h13-16,26,29-34,57,59,61H,5,10-12,17-25,27-28,56H2,1-4,6-9H3. The average molecular weight is 895 g/mol. The summed E-state index contributed by atoms with van der Waals surface area (Å²) in [5.74, 6) is 0.443. The second-order valence-electron chi connectivity index (χ2n) is 18.7. The van der Waals surface area contributed by atoms with Gasteiger partial charge in [0.05, 0.1) is 36.0 Å². The van der Waals surface area contributed by atoms with Gasteiger partial charge in [0.25, 0.3) is 0 Å². The van der Waals surface area contributed by atoms with Crippen molar-refractivity contribution in [2.45, 2.75) is 126 Å². The smallest absolute Gasteiger partial charge is 0.306 e. The third-order valence-electron chi connectivity index (χ3n) is 12.8. The lowest BCUT2D eigenvalue weighted by atomic mass is 9.98. The molecule has 0 aliphatic carbocycles. The first-order valence-electron chi connectivity index (χ1n) is 23.8. The monoisotopic (exact) mass is 895 g/mol. The summed E-state index contributed by atoms with van der Waals surface area (Å²) in [6.07, 6.45) is 7.22. The molecule has 11 nitrogen and oxygen atoms in total. The summed E-state index contributed by atoms with van der Waals surface area (Å²) in [7, 11) is 0. The van der Waals surface area contributed by atoms with Gasteiger partial charge in [0.1, 0.15) is 6.29 Å². The van der Waals surface area contributed by atoms with Crippen LogP contribution in [0, 0.1) is 25.7 Å². The molecule has 1 aromatic carbocycles. The van der Waals surface area contributed by atoms with Crippen LogP contribution < -0.4 is 11.1 Å². The molecule has 2 aliphatic heterocycles. The summed E-state index contributed by atoms with van der Waals surface area (Å²) < 4.78 is 11.3. The summed E-state index contributed by atoms with van der Waals surface area (Å²) in [6, 6.07) is 16.3. The van der Waals surface area contributed by atoms with E-state index in [-0.39, 0.29) is 24.8 Å². The number of aldehydes is 1. The average Bonchev–Trinajstić information content (AvgIpc) is 3.93. The molecule has 8 bridgehead atoms. The van der Waals surface area contributed by atoms with Gasteiger partial charge in [0.2, 0.25) is 0 Å². The highest BCUT2D eigenvalue weighted by atomic mass is 16.5. The Labute approximate surface area is 390 Å². The van der Waals surface area contributed by atoms with Gasteiger partial charge in [0, 0.05) is 59.3 Å². The topological polar surface area (TPSA) is 165 Å². The maximum Gasteiger partial charge on any atom is 0.306 e. The molecule has 0 atom stereocenters. The van der Waals surface area contributed by atoms with Gasteiger partial charge in [-0.05, 0) is 177 Å². The third kappa shape index (κ3) is 12.8. The van der Waals surface area contributed by atoms with Gasteiger partial charge in [-0.25, -0.2) is 9.97 Å². The Bertz CT molecular complexity index is 2660. The number of benzene rings is 1. The molecule has 4 aromatic rings. The maximum absolute atomic E-state index is 13.0. The lowest BCUT2D eigenvalue weighted by Gasteiger charge is -2.10. The minimum absolute atomic E-state index is 0.217. The van der Waals surface area contributed by atoms with Crippen LogP contribution in [0.2, 0.25) is 0 Å². The number of aromatic amines is 2. The van der Waals surface area contributed by atoms with Gasteiger partial charge in [-0.15, -0.1) is 0 Å². The molecule has 11 heteroatoms. The minimum Gasteiger partial charge on any atom is -0.466 e. The van der Waals surface area contributed by atoms with Crippen LogP contribution in [0.3, 0.4) is 0 Å². The molecule has 350 valence electrons. The number of rotatable bonds is 22. The second-order valence-corrected chi connectivity index (χ2v) is 18.7. The molecule has 0 unspecified atom stereocenters. The van der Waals surface area contributed by atoms with Crippen LogP contribution in [0.1, 0.15) is 144 Å². The molecule has 5 heterocycles. The molecule has 0 amide bonds. The number of aryl methyl sites for hydroxylation is 4. The number of H-pyrrole nitrogens is 2. The van der Waals surface area contributed by atoms with Crippen molar-refractivity contribution in [2.75, 3.05) is 25.5 Å². The van der Waals surface area contributed by atoms with Crippen LogP contribution in [-0.4, -0.2) is 57.9 Å². The normalized spacial score (nSPS) is 12.6. The fourth-order valence-corrected chi connectivity index (χ4v) is 8.54. The van der Waals surface area contributed by atoms with Crippen LogP contribution in [0.4, 0.5) is 5.69 Å². The number of nitrogens with zero attached hydrogens (tertiary/aromatic N) is 2. The highest BCUT2D eigenvalue weighted by molar-refractivity contribution is 5.96. The van der Waals surface area contributed by atoms with E-state index in [4.69, 9.17) is 25.2 Å². The zero-order chi connectivity index (χ0) is 47.5. The summed E-state index contributed by atoms with van der Waals surface area (Å²) in [5.41, 5.74) is 23.8. The molecule has 0 fully saturated rings. The molecular formula is C55H70N6O5. The van der Waals surface area contributed by atoms with Gasteiger partial charge < -0.3 is 35.3 Å².